The summed E-state index contributed by atoms with van der Waals surface area (Å²) >= 11 is 0. The first-order valence-electron chi connectivity index (χ1n) is 12.6. The molecule has 0 spiro atoms. The SMILES string of the molecule is CCC(=O)NC1CC(C(=O)N2CCN(Cc3ccccc3)CC2CCc2ccccc2)N(C)C1. The van der Waals surface area contributed by atoms with Gasteiger partial charge in [-0.05, 0) is 37.4 Å². The lowest BCUT2D eigenvalue weighted by atomic mass is 10.00. The van der Waals surface area contributed by atoms with Crippen molar-refractivity contribution in [1.29, 1.82) is 0 Å². The number of carbonyl (C=O) groups excluding carboxylic acids is 2. The Labute approximate surface area is 203 Å². The van der Waals surface area contributed by atoms with Crippen LogP contribution in [0.15, 0.2) is 60.7 Å². The molecular weight excluding hydrogens is 424 g/mol. The molecule has 0 radical (unpaired) electrons. The summed E-state index contributed by atoms with van der Waals surface area (Å²) in [5.41, 5.74) is 2.63. The van der Waals surface area contributed by atoms with Gasteiger partial charge >= 0.3 is 0 Å². The molecule has 2 aromatic rings. The molecule has 3 atom stereocenters. The van der Waals surface area contributed by atoms with Gasteiger partial charge in [0.05, 0.1) is 6.04 Å². The number of aryl methyl sites for hydroxylation is 1. The van der Waals surface area contributed by atoms with Crippen molar-refractivity contribution in [2.75, 3.05) is 33.2 Å². The number of likely N-dealkylation sites (N-methyl/N-ethyl adjacent to an activating group) is 1. The molecule has 34 heavy (non-hydrogen) atoms. The highest BCUT2D eigenvalue weighted by atomic mass is 16.2. The number of amides is 2. The van der Waals surface area contributed by atoms with Crippen LogP contribution in [0.3, 0.4) is 0 Å². The lowest BCUT2D eigenvalue weighted by molar-refractivity contribution is -0.141. The fourth-order valence-corrected chi connectivity index (χ4v) is 5.33. The van der Waals surface area contributed by atoms with E-state index in [4.69, 9.17) is 0 Å². The molecule has 2 amide bonds. The second kappa shape index (κ2) is 11.6. The Morgan fingerprint density at radius 1 is 0.941 bits per heavy atom. The summed E-state index contributed by atoms with van der Waals surface area (Å²) in [4.78, 5) is 32.4. The van der Waals surface area contributed by atoms with Crippen molar-refractivity contribution in [2.24, 2.45) is 0 Å². The Balaban J connectivity index is 1.44. The summed E-state index contributed by atoms with van der Waals surface area (Å²) in [5.74, 6) is 0.273. The van der Waals surface area contributed by atoms with Gasteiger partial charge in [0, 0.05) is 51.2 Å². The van der Waals surface area contributed by atoms with Crippen molar-refractivity contribution < 1.29 is 9.59 Å². The highest BCUT2D eigenvalue weighted by Gasteiger charge is 2.40. The van der Waals surface area contributed by atoms with Crippen LogP contribution in [0.25, 0.3) is 0 Å². The van der Waals surface area contributed by atoms with Gasteiger partial charge in [-0.2, -0.15) is 0 Å². The summed E-state index contributed by atoms with van der Waals surface area (Å²) < 4.78 is 0. The molecule has 0 bridgehead atoms. The topological polar surface area (TPSA) is 55.9 Å². The summed E-state index contributed by atoms with van der Waals surface area (Å²) in [7, 11) is 2.01. The Hall–Kier alpha value is -2.70. The van der Waals surface area contributed by atoms with E-state index in [1.165, 1.54) is 11.1 Å². The third kappa shape index (κ3) is 6.24. The van der Waals surface area contributed by atoms with Crippen molar-refractivity contribution in [3.8, 4) is 0 Å². The number of hydrogen-bond donors (Lipinski definition) is 1. The highest BCUT2D eigenvalue weighted by molar-refractivity contribution is 5.83. The van der Waals surface area contributed by atoms with Crippen molar-refractivity contribution >= 4 is 11.8 Å². The quantitative estimate of drug-likeness (QED) is 0.656. The van der Waals surface area contributed by atoms with Crippen molar-refractivity contribution in [3.05, 3.63) is 71.8 Å². The zero-order chi connectivity index (χ0) is 23.9. The number of hydrogen-bond acceptors (Lipinski definition) is 4. The van der Waals surface area contributed by atoms with E-state index in [2.05, 4.69) is 74.6 Å². The number of nitrogens with one attached hydrogen (secondary N) is 1. The third-order valence-corrected chi connectivity index (χ3v) is 7.23. The van der Waals surface area contributed by atoms with Crippen LogP contribution in [0.1, 0.15) is 37.3 Å². The predicted octanol–water partition coefficient (Wildman–Crippen LogP) is 2.93. The van der Waals surface area contributed by atoms with Crippen molar-refractivity contribution in [1.82, 2.24) is 20.0 Å². The maximum Gasteiger partial charge on any atom is 0.240 e. The van der Waals surface area contributed by atoms with Gasteiger partial charge in [0.15, 0.2) is 0 Å². The molecule has 6 nitrogen and oxygen atoms in total. The average Bonchev–Trinajstić information content (AvgIpc) is 3.23. The van der Waals surface area contributed by atoms with Crippen LogP contribution < -0.4 is 5.32 Å². The number of rotatable bonds is 8. The number of piperazine rings is 1. The van der Waals surface area contributed by atoms with Gasteiger partial charge in [0.25, 0.3) is 0 Å². The minimum atomic E-state index is -0.165. The van der Waals surface area contributed by atoms with Gasteiger partial charge < -0.3 is 10.2 Å². The van der Waals surface area contributed by atoms with Crippen molar-refractivity contribution in [3.63, 3.8) is 0 Å². The lowest BCUT2D eigenvalue weighted by Gasteiger charge is -2.43. The standard InChI is InChI=1S/C28H38N4O2/c1-3-27(33)29-24-18-26(30(2)20-24)28(34)32-17-16-31(19-23-12-8-5-9-13-23)21-25(32)15-14-22-10-6-4-7-11-22/h4-13,24-26H,3,14-21H2,1-2H3,(H,29,33). The van der Waals surface area contributed by atoms with Crippen LogP contribution in [-0.2, 0) is 22.6 Å². The molecule has 0 saturated carbocycles. The van der Waals surface area contributed by atoms with E-state index in [0.717, 1.165) is 45.6 Å². The molecular formula is C28H38N4O2. The van der Waals surface area contributed by atoms with Crippen LogP contribution in [0.2, 0.25) is 0 Å². The highest BCUT2D eigenvalue weighted by Crippen LogP contribution is 2.24. The molecule has 2 aromatic carbocycles. The van der Waals surface area contributed by atoms with Crippen LogP contribution >= 0.6 is 0 Å². The van der Waals surface area contributed by atoms with Crippen LogP contribution in [0.4, 0.5) is 0 Å². The van der Waals surface area contributed by atoms with Crippen LogP contribution in [0, 0.1) is 0 Å². The van der Waals surface area contributed by atoms with Crippen LogP contribution in [0.5, 0.6) is 0 Å². The zero-order valence-electron chi connectivity index (χ0n) is 20.5. The van der Waals surface area contributed by atoms with Gasteiger partial charge in [0.2, 0.25) is 11.8 Å². The Morgan fingerprint density at radius 3 is 2.29 bits per heavy atom. The molecule has 2 fully saturated rings. The van der Waals surface area contributed by atoms with Crippen LogP contribution in [-0.4, -0.2) is 77.9 Å². The summed E-state index contributed by atoms with van der Waals surface area (Å²) in [5, 5.41) is 3.08. The van der Waals surface area contributed by atoms with E-state index in [1.807, 2.05) is 20.0 Å². The summed E-state index contributed by atoms with van der Waals surface area (Å²) in [6, 6.07) is 21.2. The Bertz CT molecular complexity index is 936. The minimum absolute atomic E-state index is 0.0496. The Morgan fingerprint density at radius 2 is 1.62 bits per heavy atom. The molecule has 2 aliphatic rings. The van der Waals surface area contributed by atoms with E-state index in [1.54, 1.807) is 0 Å². The van der Waals surface area contributed by atoms with Gasteiger partial charge in [0.1, 0.15) is 0 Å². The van der Waals surface area contributed by atoms with Crippen molar-refractivity contribution in [2.45, 2.75) is 57.3 Å². The normalized spacial score (nSPS) is 23.7. The number of nitrogens with zero attached hydrogens (tertiary/aromatic N) is 3. The summed E-state index contributed by atoms with van der Waals surface area (Å²) in [6.45, 7) is 6.03. The number of likely N-dealkylation sites (tertiary alicyclic amines) is 1. The first-order valence-corrected chi connectivity index (χ1v) is 12.6. The fourth-order valence-electron chi connectivity index (χ4n) is 5.33. The molecule has 1 N–H and O–H groups in total. The first-order chi connectivity index (χ1) is 16.5. The number of benzene rings is 2. The molecule has 3 unspecified atom stereocenters. The van der Waals surface area contributed by atoms with Gasteiger partial charge in [-0.3, -0.25) is 19.4 Å². The molecule has 0 aliphatic carbocycles. The monoisotopic (exact) mass is 462 g/mol. The molecule has 182 valence electrons. The molecule has 0 aromatic heterocycles. The number of carbonyl (C=O) groups is 2. The maximum absolute atomic E-state index is 13.8. The van der Waals surface area contributed by atoms with Gasteiger partial charge in [-0.1, -0.05) is 67.6 Å². The molecule has 6 heteroatoms. The molecule has 2 aliphatic heterocycles. The van der Waals surface area contributed by atoms with E-state index in [9.17, 15) is 9.59 Å². The molecule has 4 rings (SSSR count). The second-order valence-corrected chi connectivity index (χ2v) is 9.74. The van der Waals surface area contributed by atoms with E-state index < -0.39 is 0 Å². The third-order valence-electron chi connectivity index (χ3n) is 7.23. The van der Waals surface area contributed by atoms with Gasteiger partial charge in [-0.25, -0.2) is 0 Å². The smallest absolute Gasteiger partial charge is 0.240 e. The van der Waals surface area contributed by atoms with Gasteiger partial charge in [-0.15, -0.1) is 0 Å². The predicted molar refractivity (Wildman–Crippen MR) is 135 cm³/mol. The summed E-state index contributed by atoms with van der Waals surface area (Å²) in [6.07, 6.45) is 3.08. The molecule has 2 saturated heterocycles. The minimum Gasteiger partial charge on any atom is -0.352 e. The second-order valence-electron chi connectivity index (χ2n) is 9.74. The zero-order valence-corrected chi connectivity index (χ0v) is 20.5. The molecule has 2 heterocycles. The first kappa shape index (κ1) is 24.4. The maximum atomic E-state index is 13.8. The fraction of sp³-hybridized carbons (Fsp3) is 0.500. The largest absolute Gasteiger partial charge is 0.352 e. The Kier molecular flexibility index (Phi) is 8.35. The lowest BCUT2D eigenvalue weighted by Crippen LogP contribution is -2.58. The average molecular weight is 463 g/mol. The van der Waals surface area contributed by atoms with E-state index >= 15 is 0 Å². The van der Waals surface area contributed by atoms with E-state index in [0.29, 0.717) is 12.8 Å². The van der Waals surface area contributed by atoms with E-state index in [-0.39, 0.29) is 29.9 Å².